The molecule has 0 radical (unpaired) electrons. The first-order valence-electron chi connectivity index (χ1n) is 12.7. The van der Waals surface area contributed by atoms with Crippen molar-refractivity contribution in [1.29, 1.82) is 0 Å². The maximum Gasteiger partial charge on any atom is 0.267 e. The number of allylic oxidation sites excluding steroid dienone is 1. The monoisotopic (exact) mass is 524 g/mol. The lowest BCUT2D eigenvalue weighted by atomic mass is 9.87. The summed E-state index contributed by atoms with van der Waals surface area (Å²) < 4.78 is 5.83. The van der Waals surface area contributed by atoms with Crippen LogP contribution in [0.2, 0.25) is 0 Å². The zero-order valence-electron chi connectivity index (χ0n) is 22.4. The first-order valence-corrected chi connectivity index (χ1v) is 13.6. The number of benzene rings is 2. The Labute approximate surface area is 228 Å². The van der Waals surface area contributed by atoms with Gasteiger partial charge in [0.15, 0.2) is 5.17 Å². The van der Waals surface area contributed by atoms with Gasteiger partial charge in [0.1, 0.15) is 5.75 Å². The molecule has 3 heterocycles. The number of hydrogen-bond donors (Lipinski definition) is 0. The van der Waals surface area contributed by atoms with Gasteiger partial charge in [0, 0.05) is 41.8 Å². The number of likely N-dealkylation sites (N-methyl/N-ethyl adjacent to an activating group) is 1. The molecule has 0 atom stereocenters. The van der Waals surface area contributed by atoms with Gasteiger partial charge >= 0.3 is 0 Å². The Morgan fingerprint density at radius 3 is 2.61 bits per heavy atom. The van der Waals surface area contributed by atoms with Crippen molar-refractivity contribution in [2.75, 3.05) is 18.6 Å². The Balaban J connectivity index is 1.57. The minimum Gasteiger partial charge on any atom is -0.496 e. The lowest BCUT2D eigenvalue weighted by molar-refractivity contribution is -0.122. The fourth-order valence-electron chi connectivity index (χ4n) is 5.15. The highest BCUT2D eigenvalue weighted by molar-refractivity contribution is 8.18. The molecule has 7 heteroatoms. The molecule has 0 saturated carbocycles. The second kappa shape index (κ2) is 10.5. The first-order chi connectivity index (χ1) is 18.3. The molecule has 0 unspecified atom stereocenters. The van der Waals surface area contributed by atoms with Gasteiger partial charge in [-0.1, -0.05) is 30.3 Å². The van der Waals surface area contributed by atoms with Crippen LogP contribution in [-0.4, -0.2) is 40.2 Å². The minimum absolute atomic E-state index is 0.0862. The molecule has 1 fully saturated rings. The number of amides is 1. The first kappa shape index (κ1) is 25.8. The molecule has 1 aromatic heterocycles. The molecule has 0 bridgehead atoms. The molecule has 3 aromatic rings. The van der Waals surface area contributed by atoms with Crippen molar-refractivity contribution < 1.29 is 9.53 Å². The number of ether oxygens (including phenoxy) is 1. The third-order valence-electron chi connectivity index (χ3n) is 6.86. The summed E-state index contributed by atoms with van der Waals surface area (Å²) in [6.07, 6.45) is 7.74. The summed E-state index contributed by atoms with van der Waals surface area (Å²) in [5, 5.41) is 0.642. The fraction of sp³-hybridized carbons (Fsp3) is 0.258. The average molecular weight is 525 g/mol. The number of amidine groups is 1. The Hall–Kier alpha value is -3.84. The number of carbonyl (C=O) groups excluding carboxylic acids is 1. The molecule has 1 amide bonds. The maximum absolute atomic E-state index is 13.7. The third kappa shape index (κ3) is 4.98. The van der Waals surface area contributed by atoms with Crippen molar-refractivity contribution in [3.8, 4) is 5.75 Å². The van der Waals surface area contributed by atoms with Crippen LogP contribution >= 0.6 is 11.8 Å². The molecule has 2 aliphatic heterocycles. The molecular formula is C31H32N4O2S. The second-order valence-electron chi connectivity index (χ2n) is 9.93. The van der Waals surface area contributed by atoms with Gasteiger partial charge < -0.3 is 9.64 Å². The lowest BCUT2D eigenvalue weighted by Gasteiger charge is -2.43. The lowest BCUT2D eigenvalue weighted by Crippen LogP contribution is -2.44. The topological polar surface area (TPSA) is 58.0 Å². The van der Waals surface area contributed by atoms with Crippen molar-refractivity contribution in [2.24, 2.45) is 4.99 Å². The van der Waals surface area contributed by atoms with Crippen molar-refractivity contribution in [2.45, 2.75) is 39.8 Å². The number of nitrogens with zero attached hydrogens (tertiary/aromatic N) is 4. The van der Waals surface area contributed by atoms with Crippen LogP contribution in [0.15, 0.2) is 83.0 Å². The number of aromatic nitrogens is 1. The van der Waals surface area contributed by atoms with E-state index < -0.39 is 0 Å². The van der Waals surface area contributed by atoms with Gasteiger partial charge in [-0.05, 0) is 80.9 Å². The molecule has 38 heavy (non-hydrogen) atoms. The largest absolute Gasteiger partial charge is 0.496 e. The number of pyridine rings is 1. The zero-order valence-corrected chi connectivity index (χ0v) is 23.2. The average Bonchev–Trinajstić information content (AvgIpc) is 3.18. The highest BCUT2D eigenvalue weighted by Gasteiger charge is 2.35. The van der Waals surface area contributed by atoms with Gasteiger partial charge in [-0.25, -0.2) is 4.99 Å². The van der Waals surface area contributed by atoms with Crippen molar-refractivity contribution in [3.05, 3.63) is 94.7 Å². The normalized spacial score (nSPS) is 18.7. The molecule has 0 aliphatic carbocycles. The molecule has 1 saturated heterocycles. The van der Waals surface area contributed by atoms with Crippen molar-refractivity contribution in [1.82, 2.24) is 9.88 Å². The standard InChI is InChI=1S/C31H32N4O2S/c1-6-35-26-17-27(37-5)23(15-25(26)21(2)18-31(35,3)4)16-28-29(36)34(20-22-11-10-14-32-19-22)30(38-28)33-24-12-8-7-9-13-24/h7-19H,6,20H2,1-5H3/b28-16+,33-30?. The summed E-state index contributed by atoms with van der Waals surface area (Å²) in [5.41, 5.74) is 6.03. The number of thioether (sulfide) groups is 1. The number of para-hydroxylation sites is 1. The number of methoxy groups -OCH3 is 1. The molecule has 2 aromatic carbocycles. The minimum atomic E-state index is -0.0936. The van der Waals surface area contributed by atoms with E-state index in [2.05, 4.69) is 55.8 Å². The number of carbonyl (C=O) groups is 1. The molecular weight excluding hydrogens is 492 g/mol. The van der Waals surface area contributed by atoms with Crippen LogP contribution < -0.4 is 9.64 Å². The number of rotatable bonds is 6. The molecule has 0 spiro atoms. The van der Waals surface area contributed by atoms with Gasteiger partial charge in [0.2, 0.25) is 0 Å². The van der Waals surface area contributed by atoms with Crippen LogP contribution in [-0.2, 0) is 11.3 Å². The van der Waals surface area contributed by atoms with Crippen LogP contribution in [0.3, 0.4) is 0 Å². The van der Waals surface area contributed by atoms with Gasteiger partial charge in [0.05, 0.1) is 29.8 Å². The molecule has 6 nitrogen and oxygen atoms in total. The van der Waals surface area contributed by atoms with E-state index >= 15 is 0 Å². The van der Waals surface area contributed by atoms with Crippen molar-refractivity contribution in [3.63, 3.8) is 0 Å². The smallest absolute Gasteiger partial charge is 0.267 e. The van der Waals surface area contributed by atoms with Gasteiger partial charge in [0.25, 0.3) is 5.91 Å². The third-order valence-corrected chi connectivity index (χ3v) is 7.87. The number of anilines is 1. The quantitative estimate of drug-likeness (QED) is 0.328. The van der Waals surface area contributed by atoms with Crippen molar-refractivity contribution >= 4 is 45.9 Å². The highest BCUT2D eigenvalue weighted by atomic mass is 32.2. The predicted octanol–water partition coefficient (Wildman–Crippen LogP) is 6.92. The predicted molar refractivity (Wildman–Crippen MR) is 158 cm³/mol. The Bertz CT molecular complexity index is 1450. The molecule has 2 aliphatic rings. The zero-order chi connectivity index (χ0) is 26.9. The summed E-state index contributed by atoms with van der Waals surface area (Å²) in [4.78, 5) is 27.5. The van der Waals surface area contributed by atoms with E-state index in [0.29, 0.717) is 16.6 Å². The number of hydrogen-bond acceptors (Lipinski definition) is 6. The summed E-state index contributed by atoms with van der Waals surface area (Å²) in [6.45, 7) is 10.0. The van der Waals surface area contributed by atoms with E-state index in [-0.39, 0.29) is 11.4 Å². The van der Waals surface area contributed by atoms with E-state index in [1.807, 2.05) is 48.5 Å². The van der Waals surface area contributed by atoms with E-state index in [0.717, 1.165) is 40.4 Å². The maximum atomic E-state index is 13.7. The summed E-state index contributed by atoms with van der Waals surface area (Å²) in [7, 11) is 1.68. The van der Waals surface area contributed by atoms with Crippen LogP contribution in [0.5, 0.6) is 5.75 Å². The second-order valence-corrected chi connectivity index (χ2v) is 10.9. The van der Waals surface area contributed by atoms with Crippen LogP contribution in [0.1, 0.15) is 44.4 Å². The highest BCUT2D eigenvalue weighted by Crippen LogP contribution is 2.43. The Morgan fingerprint density at radius 1 is 1.13 bits per heavy atom. The Kier molecular flexibility index (Phi) is 7.13. The van der Waals surface area contributed by atoms with Gasteiger partial charge in [-0.2, -0.15) is 0 Å². The Morgan fingerprint density at radius 2 is 1.92 bits per heavy atom. The van der Waals surface area contributed by atoms with Gasteiger partial charge in [-0.3, -0.25) is 14.7 Å². The number of fused-ring (bicyclic) bond motifs is 1. The summed E-state index contributed by atoms with van der Waals surface area (Å²) in [5.74, 6) is 0.651. The van der Waals surface area contributed by atoms with Gasteiger partial charge in [-0.15, -0.1) is 0 Å². The van der Waals surface area contributed by atoms with E-state index in [9.17, 15) is 4.79 Å². The van der Waals surface area contributed by atoms with Crippen LogP contribution in [0.4, 0.5) is 11.4 Å². The van der Waals surface area contributed by atoms with E-state index in [1.54, 1.807) is 24.4 Å². The molecule has 5 rings (SSSR count). The molecule has 194 valence electrons. The van der Waals surface area contributed by atoms with E-state index in [1.165, 1.54) is 17.3 Å². The fourth-order valence-corrected chi connectivity index (χ4v) is 6.14. The van der Waals surface area contributed by atoms with E-state index in [4.69, 9.17) is 9.73 Å². The SMILES string of the molecule is CCN1c2cc(OC)c(/C=C3/SC(=Nc4ccccc4)N(Cc4cccnc4)C3=O)cc2C(C)=CC1(C)C. The summed E-state index contributed by atoms with van der Waals surface area (Å²) >= 11 is 1.38. The van der Waals surface area contributed by atoms with Crippen LogP contribution in [0.25, 0.3) is 11.6 Å². The number of aliphatic imine (C=N–C) groups is 1. The molecule has 0 N–H and O–H groups in total. The van der Waals surface area contributed by atoms with Crippen LogP contribution in [0, 0.1) is 0 Å². The summed E-state index contributed by atoms with van der Waals surface area (Å²) in [6, 6.07) is 17.8.